The molecular weight excluding hydrogens is 200 g/mol. The maximum atomic E-state index is 5.58. The molecule has 0 saturated heterocycles. The molecule has 5 rings (SSSR count). The number of rotatable bonds is 1. The van der Waals surface area contributed by atoms with Crippen molar-refractivity contribution in [3.63, 3.8) is 0 Å². The van der Waals surface area contributed by atoms with Crippen LogP contribution in [-0.4, -0.2) is 12.7 Å². The second kappa shape index (κ2) is 3.33. The molecule has 1 aliphatic heterocycles. The smallest absolute Gasteiger partial charge is 0.117 e. The molecule has 0 aromatic rings. The van der Waals surface area contributed by atoms with Gasteiger partial charge >= 0.3 is 0 Å². The number of hydrogen-bond acceptors (Lipinski definition) is 2. The molecule has 4 bridgehead atoms. The summed E-state index contributed by atoms with van der Waals surface area (Å²) in [7, 11) is 0. The zero-order valence-corrected chi connectivity index (χ0v) is 9.73. The minimum absolute atomic E-state index is 0.245. The zero-order chi connectivity index (χ0) is 10.6. The van der Waals surface area contributed by atoms with Gasteiger partial charge in [-0.05, 0) is 56.3 Å². The van der Waals surface area contributed by atoms with Crippen molar-refractivity contribution >= 4 is 0 Å². The quantitative estimate of drug-likeness (QED) is 0.499. The van der Waals surface area contributed by atoms with Gasteiger partial charge in [-0.2, -0.15) is 0 Å². The molecule has 1 atom stereocenters. The third-order valence-electron chi connectivity index (χ3n) is 5.34. The topological polar surface area (TPSA) is 18.5 Å². The van der Waals surface area contributed by atoms with E-state index in [1.807, 2.05) is 0 Å². The van der Waals surface area contributed by atoms with Gasteiger partial charge in [-0.25, -0.2) is 9.78 Å². The molecular formula is C14H20O2. The molecule has 4 aliphatic carbocycles. The van der Waals surface area contributed by atoms with Gasteiger partial charge in [0.15, 0.2) is 0 Å². The average molecular weight is 220 g/mol. The van der Waals surface area contributed by atoms with Crippen molar-refractivity contribution in [2.24, 2.45) is 23.2 Å². The van der Waals surface area contributed by atoms with E-state index in [-0.39, 0.29) is 6.10 Å². The van der Waals surface area contributed by atoms with Crippen LogP contribution in [0.1, 0.15) is 38.5 Å². The third-order valence-corrected chi connectivity index (χ3v) is 5.34. The second-order valence-electron chi connectivity index (χ2n) is 6.51. The van der Waals surface area contributed by atoms with E-state index in [4.69, 9.17) is 9.78 Å². The van der Waals surface area contributed by atoms with Gasteiger partial charge in [0.05, 0.1) is 0 Å². The second-order valence-corrected chi connectivity index (χ2v) is 6.51. The lowest BCUT2D eigenvalue weighted by molar-refractivity contribution is -0.343. The summed E-state index contributed by atoms with van der Waals surface area (Å²) in [5.41, 5.74) is 0.436. The minimum atomic E-state index is 0.245. The van der Waals surface area contributed by atoms with E-state index in [0.29, 0.717) is 12.0 Å². The summed E-state index contributed by atoms with van der Waals surface area (Å²) >= 11 is 0. The van der Waals surface area contributed by atoms with Gasteiger partial charge in [0.1, 0.15) is 12.7 Å². The van der Waals surface area contributed by atoms with E-state index in [1.165, 1.54) is 38.5 Å². The van der Waals surface area contributed by atoms with Crippen molar-refractivity contribution in [1.82, 2.24) is 0 Å². The normalized spacial score (nSPS) is 54.5. The van der Waals surface area contributed by atoms with Crippen LogP contribution in [0.15, 0.2) is 12.2 Å². The van der Waals surface area contributed by atoms with Crippen molar-refractivity contribution in [3.8, 4) is 0 Å². The highest BCUT2D eigenvalue weighted by atomic mass is 17.2. The van der Waals surface area contributed by atoms with E-state index in [9.17, 15) is 0 Å². The van der Waals surface area contributed by atoms with Crippen LogP contribution < -0.4 is 0 Å². The predicted octanol–water partition coefficient (Wildman–Crippen LogP) is 3.09. The highest BCUT2D eigenvalue weighted by Gasteiger charge is 2.54. The Balaban J connectivity index is 1.65. The monoisotopic (exact) mass is 220 g/mol. The Kier molecular flexibility index (Phi) is 2.01. The van der Waals surface area contributed by atoms with Crippen LogP contribution in [-0.2, 0) is 9.78 Å². The van der Waals surface area contributed by atoms with Crippen molar-refractivity contribution in [2.75, 3.05) is 6.61 Å². The molecule has 0 N–H and O–H groups in total. The van der Waals surface area contributed by atoms with Crippen molar-refractivity contribution in [2.45, 2.75) is 44.6 Å². The van der Waals surface area contributed by atoms with E-state index >= 15 is 0 Å². The Hall–Kier alpha value is -0.340. The average Bonchev–Trinajstić information content (AvgIpc) is 2.28. The SMILES string of the molecule is C1=C[C@H](C23CC4CC(CC(C4)C2)C3)OOC1. The van der Waals surface area contributed by atoms with Gasteiger partial charge in [0.2, 0.25) is 0 Å². The molecule has 2 heteroatoms. The van der Waals surface area contributed by atoms with Crippen LogP contribution in [0.4, 0.5) is 0 Å². The van der Waals surface area contributed by atoms with Crippen LogP contribution in [0, 0.1) is 23.2 Å². The summed E-state index contributed by atoms with van der Waals surface area (Å²) in [5.74, 6) is 2.97. The first-order valence-electron chi connectivity index (χ1n) is 6.79. The first kappa shape index (κ1) is 9.67. The van der Waals surface area contributed by atoms with Gasteiger partial charge in [0.25, 0.3) is 0 Å². The summed E-state index contributed by atoms with van der Waals surface area (Å²) in [6.07, 6.45) is 13.3. The van der Waals surface area contributed by atoms with Gasteiger partial charge in [-0.1, -0.05) is 12.2 Å². The minimum Gasteiger partial charge on any atom is -0.232 e. The standard InChI is InChI=1S/C14H20O2/c1-2-13(16-15-3-1)14-7-10-4-11(8-14)6-12(5-10)9-14/h1-2,10-13H,3-9H2/t10?,11?,12?,13-,14?/m1/s1. The fraction of sp³-hybridized carbons (Fsp3) is 0.857. The molecule has 88 valence electrons. The van der Waals surface area contributed by atoms with Crippen LogP contribution in [0.2, 0.25) is 0 Å². The van der Waals surface area contributed by atoms with Gasteiger partial charge in [0, 0.05) is 5.41 Å². The zero-order valence-electron chi connectivity index (χ0n) is 9.73. The maximum Gasteiger partial charge on any atom is 0.117 e. The Bertz CT molecular complexity index is 285. The molecule has 0 radical (unpaired) electrons. The van der Waals surface area contributed by atoms with E-state index in [2.05, 4.69) is 12.2 Å². The Labute approximate surface area is 96.9 Å². The highest BCUT2D eigenvalue weighted by molar-refractivity contribution is 5.10. The first-order chi connectivity index (χ1) is 7.84. The summed E-state index contributed by atoms with van der Waals surface area (Å²) in [4.78, 5) is 10.8. The molecule has 0 amide bonds. The van der Waals surface area contributed by atoms with Gasteiger partial charge < -0.3 is 0 Å². The van der Waals surface area contributed by atoms with Crippen LogP contribution in [0.5, 0.6) is 0 Å². The van der Waals surface area contributed by atoms with E-state index in [0.717, 1.165) is 17.8 Å². The molecule has 16 heavy (non-hydrogen) atoms. The lowest BCUT2D eigenvalue weighted by Gasteiger charge is -2.58. The maximum absolute atomic E-state index is 5.58. The summed E-state index contributed by atoms with van der Waals surface area (Å²) in [5, 5.41) is 0. The van der Waals surface area contributed by atoms with Crippen LogP contribution in [0.3, 0.4) is 0 Å². The summed E-state index contributed by atoms with van der Waals surface area (Å²) in [6, 6.07) is 0. The number of hydrogen-bond donors (Lipinski definition) is 0. The Morgan fingerprint density at radius 2 is 1.56 bits per heavy atom. The Morgan fingerprint density at radius 1 is 0.938 bits per heavy atom. The van der Waals surface area contributed by atoms with E-state index in [1.54, 1.807) is 0 Å². The van der Waals surface area contributed by atoms with Crippen LogP contribution >= 0.6 is 0 Å². The highest BCUT2D eigenvalue weighted by Crippen LogP contribution is 2.62. The summed E-state index contributed by atoms with van der Waals surface area (Å²) in [6.45, 7) is 0.628. The lowest BCUT2D eigenvalue weighted by Crippen LogP contribution is -2.52. The molecule has 0 unspecified atom stereocenters. The molecule has 4 saturated carbocycles. The fourth-order valence-electron chi connectivity index (χ4n) is 5.20. The molecule has 0 spiro atoms. The molecule has 2 nitrogen and oxygen atoms in total. The van der Waals surface area contributed by atoms with E-state index < -0.39 is 0 Å². The van der Waals surface area contributed by atoms with Gasteiger partial charge in [-0.3, -0.25) is 0 Å². The molecule has 4 fully saturated rings. The Morgan fingerprint density at radius 3 is 2.06 bits per heavy atom. The van der Waals surface area contributed by atoms with Crippen LogP contribution in [0.25, 0.3) is 0 Å². The lowest BCUT2D eigenvalue weighted by atomic mass is 9.48. The first-order valence-corrected chi connectivity index (χ1v) is 6.79. The molecule has 5 aliphatic rings. The predicted molar refractivity (Wildman–Crippen MR) is 60.6 cm³/mol. The fourth-order valence-corrected chi connectivity index (χ4v) is 5.20. The van der Waals surface area contributed by atoms with Crippen molar-refractivity contribution in [1.29, 1.82) is 0 Å². The molecule has 0 aromatic carbocycles. The van der Waals surface area contributed by atoms with Crippen molar-refractivity contribution < 1.29 is 9.78 Å². The van der Waals surface area contributed by atoms with Crippen molar-refractivity contribution in [3.05, 3.63) is 12.2 Å². The molecule has 1 heterocycles. The molecule has 0 aromatic heterocycles. The largest absolute Gasteiger partial charge is 0.232 e. The van der Waals surface area contributed by atoms with Gasteiger partial charge in [-0.15, -0.1) is 0 Å². The summed E-state index contributed by atoms with van der Waals surface area (Å²) < 4.78 is 0. The third kappa shape index (κ3) is 1.32.